The normalized spacial score (nSPS) is 26.3. The molecule has 5 rings (SSSR count). The standard InChI is InChI=1S/C24H29N3O2/c28-15-21-22(19-8-2-1-3-9-19)24(27(21)14-18-6-4-5-7-18)16-26(17-24)23(29)20-10-12-25-13-11-20/h1-3,8-13,18,21-22,28H,4-7,14-17H2/t21-,22-/m1/s1. The number of aromatic nitrogens is 1. The fraction of sp³-hybridized carbons (Fsp3) is 0.500. The van der Waals surface area contributed by atoms with Gasteiger partial charge in [-0.15, -0.1) is 0 Å². The lowest BCUT2D eigenvalue weighted by molar-refractivity contribution is -0.183. The second kappa shape index (κ2) is 7.54. The minimum Gasteiger partial charge on any atom is -0.395 e. The van der Waals surface area contributed by atoms with Crippen molar-refractivity contribution in [3.8, 4) is 0 Å². The van der Waals surface area contributed by atoms with Crippen LogP contribution in [0.25, 0.3) is 0 Å². The molecule has 1 spiro atoms. The van der Waals surface area contributed by atoms with Crippen LogP contribution in [0.4, 0.5) is 0 Å². The Labute approximate surface area is 172 Å². The Morgan fingerprint density at radius 2 is 1.76 bits per heavy atom. The van der Waals surface area contributed by atoms with Gasteiger partial charge in [0, 0.05) is 49.6 Å². The molecule has 152 valence electrons. The van der Waals surface area contributed by atoms with E-state index < -0.39 is 0 Å². The summed E-state index contributed by atoms with van der Waals surface area (Å²) in [6.45, 7) is 2.69. The van der Waals surface area contributed by atoms with Gasteiger partial charge < -0.3 is 10.0 Å². The van der Waals surface area contributed by atoms with Gasteiger partial charge >= 0.3 is 0 Å². The van der Waals surface area contributed by atoms with Gasteiger partial charge in [0.25, 0.3) is 5.91 Å². The van der Waals surface area contributed by atoms with Gasteiger partial charge in [0.05, 0.1) is 12.1 Å². The zero-order valence-electron chi connectivity index (χ0n) is 16.8. The third-order valence-electron chi connectivity index (χ3n) is 7.36. The molecule has 1 aromatic heterocycles. The monoisotopic (exact) mass is 391 g/mol. The van der Waals surface area contributed by atoms with Gasteiger partial charge in [0.2, 0.25) is 0 Å². The van der Waals surface area contributed by atoms with Crippen molar-refractivity contribution in [3.63, 3.8) is 0 Å². The van der Waals surface area contributed by atoms with Gasteiger partial charge in [-0.2, -0.15) is 0 Å². The van der Waals surface area contributed by atoms with Crippen LogP contribution in [-0.4, -0.2) is 63.6 Å². The minimum atomic E-state index is -0.0416. The highest BCUT2D eigenvalue weighted by atomic mass is 16.3. The second-order valence-corrected chi connectivity index (χ2v) is 8.94. The maximum Gasteiger partial charge on any atom is 0.254 e. The lowest BCUT2D eigenvalue weighted by Crippen LogP contribution is -2.85. The molecule has 2 aliphatic heterocycles. The molecule has 3 fully saturated rings. The molecule has 2 saturated heterocycles. The van der Waals surface area contributed by atoms with Crippen molar-refractivity contribution >= 4 is 5.91 Å². The molecule has 5 nitrogen and oxygen atoms in total. The van der Waals surface area contributed by atoms with Crippen LogP contribution < -0.4 is 0 Å². The topological polar surface area (TPSA) is 56.7 Å². The molecule has 29 heavy (non-hydrogen) atoms. The predicted molar refractivity (Wildman–Crippen MR) is 112 cm³/mol. The van der Waals surface area contributed by atoms with Crippen LogP contribution in [0.3, 0.4) is 0 Å². The van der Waals surface area contributed by atoms with Gasteiger partial charge in [-0.25, -0.2) is 0 Å². The lowest BCUT2D eigenvalue weighted by Gasteiger charge is -2.71. The first-order valence-corrected chi connectivity index (χ1v) is 10.8. The van der Waals surface area contributed by atoms with Gasteiger partial charge in [0.1, 0.15) is 0 Å². The van der Waals surface area contributed by atoms with Crippen molar-refractivity contribution in [1.29, 1.82) is 0 Å². The average Bonchev–Trinajstić information content (AvgIpc) is 3.24. The number of aliphatic hydroxyl groups excluding tert-OH is 1. The Kier molecular flexibility index (Phi) is 4.88. The van der Waals surface area contributed by atoms with Gasteiger partial charge in [0.15, 0.2) is 0 Å². The molecule has 1 amide bonds. The van der Waals surface area contributed by atoms with E-state index in [0.717, 1.165) is 25.6 Å². The van der Waals surface area contributed by atoms with Gasteiger partial charge in [-0.3, -0.25) is 14.7 Å². The van der Waals surface area contributed by atoms with Crippen LogP contribution in [-0.2, 0) is 0 Å². The highest BCUT2D eigenvalue weighted by Crippen LogP contribution is 2.54. The van der Waals surface area contributed by atoms with Crippen molar-refractivity contribution in [2.45, 2.75) is 43.2 Å². The summed E-state index contributed by atoms with van der Waals surface area (Å²) in [6.07, 6.45) is 8.58. The third-order valence-corrected chi connectivity index (χ3v) is 7.36. The van der Waals surface area contributed by atoms with E-state index in [4.69, 9.17) is 0 Å². The maximum atomic E-state index is 12.9. The maximum absolute atomic E-state index is 12.9. The van der Waals surface area contributed by atoms with Crippen molar-refractivity contribution in [1.82, 2.24) is 14.8 Å². The number of pyridine rings is 1. The number of nitrogens with zero attached hydrogens (tertiary/aromatic N) is 3. The van der Waals surface area contributed by atoms with Crippen LogP contribution >= 0.6 is 0 Å². The fourth-order valence-corrected chi connectivity index (χ4v) is 5.96. The van der Waals surface area contributed by atoms with E-state index in [1.807, 2.05) is 11.0 Å². The summed E-state index contributed by atoms with van der Waals surface area (Å²) in [5, 5.41) is 10.2. The molecule has 0 unspecified atom stereocenters. The Morgan fingerprint density at radius 3 is 2.41 bits per heavy atom. The van der Waals surface area contributed by atoms with Crippen LogP contribution in [0.5, 0.6) is 0 Å². The molecule has 0 radical (unpaired) electrons. The number of aliphatic hydroxyl groups is 1. The van der Waals surface area contributed by atoms with Crippen molar-refractivity contribution in [3.05, 3.63) is 66.0 Å². The molecular weight excluding hydrogens is 362 g/mol. The average molecular weight is 392 g/mol. The van der Waals surface area contributed by atoms with E-state index in [0.29, 0.717) is 5.56 Å². The zero-order chi connectivity index (χ0) is 19.8. The van der Waals surface area contributed by atoms with Crippen LogP contribution in [0.1, 0.15) is 47.5 Å². The minimum absolute atomic E-state index is 0.0416. The molecule has 1 aromatic carbocycles. The van der Waals surface area contributed by atoms with E-state index in [2.05, 4.69) is 34.1 Å². The summed E-state index contributed by atoms with van der Waals surface area (Å²) < 4.78 is 0. The first kappa shape index (κ1) is 18.8. The number of hydrogen-bond acceptors (Lipinski definition) is 4. The molecule has 5 heteroatoms. The molecule has 2 atom stereocenters. The number of carbonyl (C=O) groups is 1. The summed E-state index contributed by atoms with van der Waals surface area (Å²) in [6, 6.07) is 14.3. The fourth-order valence-electron chi connectivity index (χ4n) is 5.96. The number of rotatable bonds is 5. The van der Waals surface area contributed by atoms with E-state index in [1.165, 1.54) is 31.2 Å². The number of hydrogen-bond donors (Lipinski definition) is 1. The predicted octanol–water partition coefficient (Wildman–Crippen LogP) is 2.93. The Bertz CT molecular complexity index is 845. The molecule has 2 aromatic rings. The summed E-state index contributed by atoms with van der Waals surface area (Å²) in [4.78, 5) is 21.5. The van der Waals surface area contributed by atoms with E-state index >= 15 is 0 Å². The summed E-state index contributed by atoms with van der Waals surface area (Å²) >= 11 is 0. The molecule has 0 bridgehead atoms. The quantitative estimate of drug-likeness (QED) is 0.852. The number of benzene rings is 1. The number of amides is 1. The lowest BCUT2D eigenvalue weighted by atomic mass is 9.60. The first-order chi connectivity index (χ1) is 14.2. The highest BCUT2D eigenvalue weighted by molar-refractivity contribution is 5.95. The van der Waals surface area contributed by atoms with Crippen LogP contribution in [0, 0.1) is 5.92 Å². The largest absolute Gasteiger partial charge is 0.395 e. The first-order valence-electron chi connectivity index (χ1n) is 10.8. The Morgan fingerprint density at radius 1 is 1.07 bits per heavy atom. The smallest absolute Gasteiger partial charge is 0.254 e. The van der Waals surface area contributed by atoms with E-state index in [1.54, 1.807) is 24.5 Å². The van der Waals surface area contributed by atoms with E-state index in [-0.39, 0.29) is 30.0 Å². The molecule has 1 N–H and O–H groups in total. The van der Waals surface area contributed by atoms with Crippen LogP contribution in [0.2, 0.25) is 0 Å². The molecule has 3 heterocycles. The Hall–Kier alpha value is -2.24. The van der Waals surface area contributed by atoms with Crippen LogP contribution in [0.15, 0.2) is 54.9 Å². The molecule has 3 aliphatic rings. The van der Waals surface area contributed by atoms with Gasteiger partial charge in [-0.1, -0.05) is 43.2 Å². The summed E-state index contributed by atoms with van der Waals surface area (Å²) in [5.41, 5.74) is 1.94. The number of likely N-dealkylation sites (tertiary alicyclic amines) is 2. The molecule has 1 saturated carbocycles. The Balaban J connectivity index is 1.40. The zero-order valence-corrected chi connectivity index (χ0v) is 16.8. The van der Waals surface area contributed by atoms with Gasteiger partial charge in [-0.05, 0) is 36.5 Å². The molecule has 1 aliphatic carbocycles. The SMILES string of the molecule is O=C(c1ccncc1)N1CC2(C1)[C@H](c1ccccc1)[C@@H](CO)N2CC1CCCC1. The third kappa shape index (κ3) is 3.08. The van der Waals surface area contributed by atoms with Crippen molar-refractivity contribution in [2.75, 3.05) is 26.2 Å². The van der Waals surface area contributed by atoms with Crippen molar-refractivity contribution < 1.29 is 9.90 Å². The summed E-state index contributed by atoms with van der Waals surface area (Å²) in [7, 11) is 0. The number of carbonyl (C=O) groups excluding carboxylic acids is 1. The molecular formula is C24H29N3O2. The van der Waals surface area contributed by atoms with E-state index in [9.17, 15) is 9.90 Å². The highest BCUT2D eigenvalue weighted by Gasteiger charge is 2.66. The van der Waals surface area contributed by atoms with Crippen molar-refractivity contribution in [2.24, 2.45) is 5.92 Å². The summed E-state index contributed by atoms with van der Waals surface area (Å²) in [5.74, 6) is 1.08. The second-order valence-electron chi connectivity index (χ2n) is 8.94.